The second-order valence-corrected chi connectivity index (χ2v) is 4.31. The lowest BCUT2D eigenvalue weighted by Crippen LogP contribution is -1.96. The molecule has 1 aromatic carbocycles. The molecule has 4 nitrogen and oxygen atoms in total. The summed E-state index contributed by atoms with van der Waals surface area (Å²) in [6.07, 6.45) is 0. The maximum atomic E-state index is 14.0. The van der Waals surface area contributed by atoms with Gasteiger partial charge in [0.05, 0.1) is 12.7 Å². The first kappa shape index (κ1) is 12.4. The topological polar surface area (TPSA) is 61.3 Å². The highest BCUT2D eigenvalue weighted by molar-refractivity contribution is 5.68. The molecule has 0 saturated heterocycles. The number of nitrogens with zero attached hydrogens (tertiary/aromatic N) is 1. The van der Waals surface area contributed by atoms with Crippen LogP contribution in [0.25, 0.3) is 11.3 Å². The fourth-order valence-electron chi connectivity index (χ4n) is 1.87. The molecule has 2 N–H and O–H groups in total. The third-order valence-corrected chi connectivity index (χ3v) is 2.75. The molecule has 1 aromatic heterocycles. The first-order valence-corrected chi connectivity index (χ1v) is 5.63. The Morgan fingerprint density at radius 1 is 1.39 bits per heavy atom. The Kier molecular flexibility index (Phi) is 3.23. The molecule has 0 radical (unpaired) electrons. The summed E-state index contributed by atoms with van der Waals surface area (Å²) in [6, 6.07) is 4.57. The number of methoxy groups -OCH3 is 1. The number of hydrogen-bond acceptors (Lipinski definition) is 4. The molecule has 0 unspecified atom stereocenters. The van der Waals surface area contributed by atoms with Gasteiger partial charge in [-0.2, -0.15) is 0 Å². The van der Waals surface area contributed by atoms with E-state index in [4.69, 9.17) is 15.0 Å². The Balaban J connectivity index is 2.55. The quantitative estimate of drug-likeness (QED) is 0.908. The van der Waals surface area contributed by atoms with Crippen molar-refractivity contribution in [3.05, 3.63) is 29.6 Å². The fourth-order valence-corrected chi connectivity index (χ4v) is 1.87. The predicted molar refractivity (Wildman–Crippen MR) is 67.0 cm³/mol. The second-order valence-electron chi connectivity index (χ2n) is 4.31. The van der Waals surface area contributed by atoms with E-state index < -0.39 is 5.82 Å². The molecule has 2 rings (SSSR count). The van der Waals surface area contributed by atoms with Crippen LogP contribution >= 0.6 is 0 Å². The number of hydrogen-bond donors (Lipinski definition) is 1. The molecule has 0 spiro atoms. The standard InChI is InChI=1S/C13H15FN2O2/c1-7(2)11-12(18-16-13(11)15)9-5-4-8(17-3)6-10(9)14/h4-7H,1-3H3,(H2,15,16). The van der Waals surface area contributed by atoms with Gasteiger partial charge in [0, 0.05) is 11.6 Å². The van der Waals surface area contributed by atoms with Gasteiger partial charge in [0.2, 0.25) is 0 Å². The average Bonchev–Trinajstić information content (AvgIpc) is 2.70. The van der Waals surface area contributed by atoms with Crippen molar-refractivity contribution in [3.63, 3.8) is 0 Å². The molecule has 2 aromatic rings. The average molecular weight is 250 g/mol. The molecule has 1 heterocycles. The molecule has 96 valence electrons. The summed E-state index contributed by atoms with van der Waals surface area (Å²) in [5, 5.41) is 3.70. The molecular weight excluding hydrogens is 235 g/mol. The van der Waals surface area contributed by atoms with E-state index in [-0.39, 0.29) is 5.92 Å². The number of ether oxygens (including phenoxy) is 1. The Hall–Kier alpha value is -2.04. The molecule has 0 amide bonds. The highest BCUT2D eigenvalue weighted by atomic mass is 19.1. The summed E-state index contributed by atoms with van der Waals surface area (Å²) in [6.45, 7) is 3.90. The van der Waals surface area contributed by atoms with Crippen LogP contribution in [-0.2, 0) is 0 Å². The predicted octanol–water partition coefficient (Wildman–Crippen LogP) is 3.19. The van der Waals surface area contributed by atoms with Crippen molar-refractivity contribution in [1.29, 1.82) is 0 Å². The maximum absolute atomic E-state index is 14.0. The fraction of sp³-hybridized carbons (Fsp3) is 0.308. The first-order chi connectivity index (χ1) is 8.54. The lowest BCUT2D eigenvalue weighted by atomic mass is 9.99. The van der Waals surface area contributed by atoms with Gasteiger partial charge in [-0.3, -0.25) is 0 Å². The summed E-state index contributed by atoms with van der Waals surface area (Å²) >= 11 is 0. The van der Waals surface area contributed by atoms with Crippen molar-refractivity contribution < 1.29 is 13.7 Å². The molecule has 0 aliphatic heterocycles. The van der Waals surface area contributed by atoms with Crippen LogP contribution in [0.3, 0.4) is 0 Å². The number of nitrogen functional groups attached to an aromatic ring is 1. The van der Waals surface area contributed by atoms with E-state index in [0.717, 1.165) is 5.56 Å². The summed E-state index contributed by atoms with van der Waals surface area (Å²) in [7, 11) is 1.49. The van der Waals surface area contributed by atoms with Crippen LogP contribution in [0, 0.1) is 5.82 Å². The van der Waals surface area contributed by atoms with E-state index in [1.54, 1.807) is 12.1 Å². The Morgan fingerprint density at radius 2 is 2.11 bits per heavy atom. The zero-order valence-corrected chi connectivity index (χ0v) is 10.5. The molecular formula is C13H15FN2O2. The summed E-state index contributed by atoms with van der Waals surface area (Å²) in [5.74, 6) is 0.813. The van der Waals surface area contributed by atoms with Crippen LogP contribution in [0.4, 0.5) is 10.2 Å². The summed E-state index contributed by atoms with van der Waals surface area (Å²) in [4.78, 5) is 0. The second kappa shape index (κ2) is 4.68. The largest absolute Gasteiger partial charge is 0.497 e. The van der Waals surface area contributed by atoms with Gasteiger partial charge in [0.25, 0.3) is 0 Å². The van der Waals surface area contributed by atoms with Crippen molar-refractivity contribution in [3.8, 4) is 17.1 Å². The smallest absolute Gasteiger partial charge is 0.175 e. The molecule has 0 atom stereocenters. The molecule has 0 aliphatic carbocycles. The van der Waals surface area contributed by atoms with Gasteiger partial charge >= 0.3 is 0 Å². The van der Waals surface area contributed by atoms with Crippen molar-refractivity contribution >= 4 is 5.82 Å². The van der Waals surface area contributed by atoms with Gasteiger partial charge in [0.1, 0.15) is 11.6 Å². The molecule has 0 bridgehead atoms. The SMILES string of the molecule is COc1ccc(-c2onc(N)c2C(C)C)c(F)c1. The minimum atomic E-state index is -0.424. The van der Waals surface area contributed by atoms with E-state index in [2.05, 4.69) is 5.16 Å². The molecule has 0 saturated carbocycles. The zero-order valence-electron chi connectivity index (χ0n) is 10.5. The number of anilines is 1. The number of halogens is 1. The summed E-state index contributed by atoms with van der Waals surface area (Å²) in [5.41, 5.74) is 6.79. The van der Waals surface area contributed by atoms with Gasteiger partial charge in [0.15, 0.2) is 11.6 Å². The third kappa shape index (κ3) is 2.03. The number of rotatable bonds is 3. The van der Waals surface area contributed by atoms with Crippen molar-refractivity contribution in [2.45, 2.75) is 19.8 Å². The van der Waals surface area contributed by atoms with Gasteiger partial charge in [-0.25, -0.2) is 4.39 Å². The van der Waals surface area contributed by atoms with Crippen molar-refractivity contribution in [1.82, 2.24) is 5.16 Å². The Bertz CT molecular complexity index is 564. The molecule has 5 heteroatoms. The monoisotopic (exact) mass is 250 g/mol. The van der Waals surface area contributed by atoms with Crippen LogP contribution in [0.1, 0.15) is 25.3 Å². The highest BCUT2D eigenvalue weighted by Crippen LogP contribution is 2.35. The number of benzene rings is 1. The number of nitrogens with two attached hydrogens (primary N) is 1. The van der Waals surface area contributed by atoms with Crippen LogP contribution in [-0.4, -0.2) is 12.3 Å². The van der Waals surface area contributed by atoms with E-state index in [1.807, 2.05) is 13.8 Å². The normalized spacial score (nSPS) is 10.9. The highest BCUT2D eigenvalue weighted by Gasteiger charge is 2.21. The first-order valence-electron chi connectivity index (χ1n) is 5.63. The van der Waals surface area contributed by atoms with Crippen LogP contribution in [0.2, 0.25) is 0 Å². The third-order valence-electron chi connectivity index (χ3n) is 2.75. The van der Waals surface area contributed by atoms with Crippen LogP contribution in [0.15, 0.2) is 22.7 Å². The minimum absolute atomic E-state index is 0.104. The van der Waals surface area contributed by atoms with E-state index in [1.165, 1.54) is 13.2 Å². The van der Waals surface area contributed by atoms with Crippen molar-refractivity contribution in [2.24, 2.45) is 0 Å². The molecule has 0 fully saturated rings. The lowest BCUT2D eigenvalue weighted by Gasteiger charge is -2.07. The maximum Gasteiger partial charge on any atom is 0.175 e. The van der Waals surface area contributed by atoms with E-state index >= 15 is 0 Å². The minimum Gasteiger partial charge on any atom is -0.497 e. The van der Waals surface area contributed by atoms with E-state index in [0.29, 0.717) is 22.9 Å². The Morgan fingerprint density at radius 3 is 2.67 bits per heavy atom. The van der Waals surface area contributed by atoms with Crippen LogP contribution < -0.4 is 10.5 Å². The van der Waals surface area contributed by atoms with Crippen molar-refractivity contribution in [2.75, 3.05) is 12.8 Å². The van der Waals surface area contributed by atoms with Gasteiger partial charge in [-0.05, 0) is 18.1 Å². The Labute approximate surface area is 105 Å². The summed E-state index contributed by atoms with van der Waals surface area (Å²) < 4.78 is 24.1. The molecule has 0 aliphatic rings. The van der Waals surface area contributed by atoms with Gasteiger partial charge in [-0.15, -0.1) is 0 Å². The lowest BCUT2D eigenvalue weighted by molar-refractivity contribution is 0.410. The zero-order chi connectivity index (χ0) is 13.3. The van der Waals surface area contributed by atoms with E-state index in [9.17, 15) is 4.39 Å². The van der Waals surface area contributed by atoms with Crippen LogP contribution in [0.5, 0.6) is 5.75 Å². The molecule has 18 heavy (non-hydrogen) atoms. The van der Waals surface area contributed by atoms with Gasteiger partial charge in [-0.1, -0.05) is 19.0 Å². The number of aromatic nitrogens is 1. The van der Waals surface area contributed by atoms with Gasteiger partial charge < -0.3 is 15.0 Å².